The number of nitrogens with two attached hydrogens (primary N) is 1. The summed E-state index contributed by atoms with van der Waals surface area (Å²) >= 11 is 0. The van der Waals surface area contributed by atoms with Crippen molar-refractivity contribution < 1.29 is 5.11 Å². The van der Waals surface area contributed by atoms with Crippen LogP contribution in [0.1, 0.15) is 57.7 Å². The summed E-state index contributed by atoms with van der Waals surface area (Å²) in [5.41, 5.74) is 9.68. The zero-order valence-corrected chi connectivity index (χ0v) is 19.9. The lowest BCUT2D eigenvalue weighted by Crippen LogP contribution is -2.38. The van der Waals surface area contributed by atoms with Gasteiger partial charge in [0.1, 0.15) is 17.2 Å². The van der Waals surface area contributed by atoms with Crippen LogP contribution in [-0.4, -0.2) is 62.2 Å². The Kier molecular flexibility index (Phi) is 7.05. The predicted octanol–water partition coefficient (Wildman–Crippen LogP) is 3.83. The van der Waals surface area contributed by atoms with Gasteiger partial charge in [0.25, 0.3) is 0 Å². The maximum absolute atomic E-state index is 9.99. The van der Waals surface area contributed by atoms with E-state index in [0.29, 0.717) is 17.3 Å². The summed E-state index contributed by atoms with van der Waals surface area (Å²) in [7, 11) is 2.16. The minimum atomic E-state index is -0.450. The van der Waals surface area contributed by atoms with Crippen LogP contribution in [0.15, 0.2) is 30.7 Å². The van der Waals surface area contributed by atoms with Crippen LogP contribution < -0.4 is 11.1 Å². The van der Waals surface area contributed by atoms with Crippen molar-refractivity contribution in [3.8, 4) is 11.1 Å². The molecular weight excluding hydrogens is 414 g/mol. The van der Waals surface area contributed by atoms with Gasteiger partial charge in [-0.1, -0.05) is 19.8 Å². The van der Waals surface area contributed by atoms with E-state index in [0.717, 1.165) is 73.3 Å². The Hall–Kier alpha value is -2.84. The minimum Gasteiger partial charge on any atom is -0.394 e. The summed E-state index contributed by atoms with van der Waals surface area (Å²) in [5, 5.41) is 13.5. The van der Waals surface area contributed by atoms with Crippen LogP contribution in [0.5, 0.6) is 0 Å². The maximum atomic E-state index is 9.99. The SMILES string of the molecule is CCCCC(C)(CO)Nc1cc(N)nc2cc(-c3cnc(C4CCN(C)CC4)nc3)cnc12. The Bertz CT molecular complexity index is 1080. The second kappa shape index (κ2) is 9.97. The Morgan fingerprint density at radius 3 is 2.48 bits per heavy atom. The topological polar surface area (TPSA) is 113 Å². The molecule has 3 aromatic rings. The Morgan fingerprint density at radius 2 is 1.82 bits per heavy atom. The molecule has 0 saturated carbocycles. The molecule has 0 radical (unpaired) electrons. The van der Waals surface area contributed by atoms with Crippen molar-refractivity contribution in [1.29, 1.82) is 0 Å². The number of hydrogen-bond donors (Lipinski definition) is 3. The minimum absolute atomic E-state index is 0.0236. The van der Waals surface area contributed by atoms with Gasteiger partial charge in [-0.2, -0.15) is 0 Å². The number of aromatic nitrogens is 4. The quantitative estimate of drug-likeness (QED) is 0.475. The number of unbranched alkanes of at least 4 members (excludes halogenated alkanes) is 1. The normalized spacial score (nSPS) is 17.2. The van der Waals surface area contributed by atoms with Gasteiger partial charge in [-0.05, 0) is 52.4 Å². The molecule has 1 unspecified atom stereocenters. The third-order valence-corrected chi connectivity index (χ3v) is 6.62. The van der Waals surface area contributed by atoms with Crippen molar-refractivity contribution in [3.63, 3.8) is 0 Å². The first-order valence-corrected chi connectivity index (χ1v) is 11.9. The van der Waals surface area contributed by atoms with Gasteiger partial charge in [0.2, 0.25) is 0 Å². The zero-order valence-electron chi connectivity index (χ0n) is 19.9. The molecule has 4 heterocycles. The van der Waals surface area contributed by atoms with Crippen LogP contribution in [0.3, 0.4) is 0 Å². The number of pyridine rings is 2. The highest BCUT2D eigenvalue weighted by atomic mass is 16.3. The van der Waals surface area contributed by atoms with Crippen molar-refractivity contribution in [2.75, 3.05) is 37.8 Å². The fourth-order valence-electron chi connectivity index (χ4n) is 4.42. The van der Waals surface area contributed by atoms with E-state index in [2.05, 4.69) is 39.1 Å². The van der Waals surface area contributed by atoms with E-state index >= 15 is 0 Å². The fourth-order valence-corrected chi connectivity index (χ4v) is 4.42. The Morgan fingerprint density at radius 1 is 1.12 bits per heavy atom. The highest BCUT2D eigenvalue weighted by molar-refractivity contribution is 5.91. The van der Waals surface area contributed by atoms with Crippen LogP contribution in [0.2, 0.25) is 0 Å². The molecule has 3 aromatic heterocycles. The lowest BCUT2D eigenvalue weighted by Gasteiger charge is -2.30. The average molecular weight is 450 g/mol. The number of piperidine rings is 1. The van der Waals surface area contributed by atoms with Crippen LogP contribution in [0.4, 0.5) is 11.5 Å². The Labute approximate surface area is 195 Å². The molecule has 4 N–H and O–H groups in total. The van der Waals surface area contributed by atoms with Crippen molar-refractivity contribution >= 4 is 22.5 Å². The van der Waals surface area contributed by atoms with Crippen molar-refractivity contribution in [1.82, 2.24) is 24.8 Å². The number of hydrogen-bond acceptors (Lipinski definition) is 8. The van der Waals surface area contributed by atoms with Crippen molar-refractivity contribution in [3.05, 3.63) is 36.5 Å². The molecule has 0 spiro atoms. The predicted molar refractivity (Wildman–Crippen MR) is 133 cm³/mol. The molecule has 8 heteroatoms. The van der Waals surface area contributed by atoms with E-state index in [4.69, 9.17) is 10.7 Å². The van der Waals surface area contributed by atoms with E-state index in [9.17, 15) is 5.11 Å². The summed E-state index contributed by atoms with van der Waals surface area (Å²) < 4.78 is 0. The van der Waals surface area contributed by atoms with Gasteiger partial charge < -0.3 is 21.1 Å². The molecule has 0 amide bonds. The standard InChI is InChI=1S/C25H35N7O/c1-4-5-8-25(2,16-33)31-21-12-22(26)30-20-11-18(13-27-23(20)21)19-14-28-24(29-15-19)17-6-9-32(3)10-7-17/h11-15,17,33H,4-10,16H2,1-3H3,(H3,26,30,31). The molecule has 8 nitrogen and oxygen atoms in total. The molecule has 176 valence electrons. The third-order valence-electron chi connectivity index (χ3n) is 6.62. The van der Waals surface area contributed by atoms with Crippen LogP contribution >= 0.6 is 0 Å². The number of anilines is 2. The molecule has 0 aliphatic carbocycles. The van der Waals surface area contributed by atoms with Crippen LogP contribution in [0.25, 0.3) is 22.2 Å². The molecule has 4 rings (SSSR count). The summed E-state index contributed by atoms with van der Waals surface area (Å²) in [4.78, 5) is 20.9. The number of nitrogen functional groups attached to an aromatic ring is 1. The van der Waals surface area contributed by atoms with Crippen molar-refractivity contribution in [2.24, 2.45) is 0 Å². The fraction of sp³-hybridized carbons (Fsp3) is 0.520. The monoisotopic (exact) mass is 449 g/mol. The lowest BCUT2D eigenvalue weighted by molar-refractivity contribution is 0.212. The van der Waals surface area contributed by atoms with Crippen molar-refractivity contribution in [2.45, 2.75) is 57.4 Å². The number of nitrogens with one attached hydrogen (secondary N) is 1. The first kappa shape index (κ1) is 23.3. The molecule has 33 heavy (non-hydrogen) atoms. The maximum Gasteiger partial charge on any atom is 0.131 e. The summed E-state index contributed by atoms with van der Waals surface area (Å²) in [6, 6.07) is 3.76. The van der Waals surface area contributed by atoms with E-state index < -0.39 is 5.54 Å². The first-order valence-electron chi connectivity index (χ1n) is 11.9. The average Bonchev–Trinajstić information content (AvgIpc) is 2.83. The highest BCUT2D eigenvalue weighted by Gasteiger charge is 2.24. The zero-order chi connectivity index (χ0) is 23.4. The number of likely N-dealkylation sites (tertiary alicyclic amines) is 1. The molecule has 1 aliphatic heterocycles. The Balaban J connectivity index is 1.59. The van der Waals surface area contributed by atoms with E-state index in [1.165, 1.54) is 0 Å². The molecule has 0 aromatic carbocycles. The summed E-state index contributed by atoms with van der Waals surface area (Å²) in [6.07, 6.45) is 10.7. The van der Waals surface area contributed by atoms with Gasteiger partial charge in [-0.25, -0.2) is 15.0 Å². The third kappa shape index (κ3) is 5.39. The van der Waals surface area contributed by atoms with Gasteiger partial charge in [0, 0.05) is 41.7 Å². The van der Waals surface area contributed by atoms with Crippen LogP contribution in [-0.2, 0) is 0 Å². The number of aliphatic hydroxyl groups is 1. The summed E-state index contributed by atoms with van der Waals surface area (Å²) in [6.45, 7) is 6.35. The largest absolute Gasteiger partial charge is 0.394 e. The number of rotatable bonds is 8. The number of fused-ring (bicyclic) bond motifs is 1. The van der Waals surface area contributed by atoms with E-state index in [-0.39, 0.29) is 6.61 Å². The molecule has 0 bridgehead atoms. The number of nitrogens with zero attached hydrogens (tertiary/aromatic N) is 5. The first-order chi connectivity index (χ1) is 15.9. The van der Waals surface area contributed by atoms with E-state index in [1.807, 2.05) is 31.6 Å². The highest BCUT2D eigenvalue weighted by Crippen LogP contribution is 2.31. The van der Waals surface area contributed by atoms with Crippen LogP contribution in [0, 0.1) is 0 Å². The van der Waals surface area contributed by atoms with Gasteiger partial charge in [-0.15, -0.1) is 0 Å². The molecular formula is C25H35N7O. The summed E-state index contributed by atoms with van der Waals surface area (Å²) in [5.74, 6) is 1.76. The van der Waals surface area contributed by atoms with E-state index in [1.54, 1.807) is 6.07 Å². The molecule has 1 saturated heterocycles. The lowest BCUT2D eigenvalue weighted by atomic mass is 9.95. The molecule has 1 atom stereocenters. The second-order valence-electron chi connectivity index (χ2n) is 9.54. The second-order valence-corrected chi connectivity index (χ2v) is 9.54. The van der Waals surface area contributed by atoms with Gasteiger partial charge in [-0.3, -0.25) is 4.98 Å². The van der Waals surface area contributed by atoms with Gasteiger partial charge in [0.05, 0.1) is 23.3 Å². The smallest absolute Gasteiger partial charge is 0.131 e. The van der Waals surface area contributed by atoms with Gasteiger partial charge >= 0.3 is 0 Å². The number of aliphatic hydroxyl groups excluding tert-OH is 1. The van der Waals surface area contributed by atoms with Gasteiger partial charge in [0.15, 0.2) is 0 Å². The molecule has 1 fully saturated rings. The molecule has 1 aliphatic rings.